The Balaban J connectivity index is 1.53. The third kappa shape index (κ3) is 4.31. The number of amides is 2. The first-order chi connectivity index (χ1) is 12.4. The number of aliphatic hydroxyl groups excluding tert-OH is 1. The number of carbonyl (C=O) groups is 2. The molecule has 1 saturated heterocycles. The van der Waals surface area contributed by atoms with Gasteiger partial charge in [0.1, 0.15) is 6.42 Å². The van der Waals surface area contributed by atoms with Crippen LogP contribution in [-0.4, -0.2) is 41.0 Å². The lowest BCUT2D eigenvalue weighted by molar-refractivity contribution is -0.137. The van der Waals surface area contributed by atoms with E-state index in [0.717, 1.165) is 5.56 Å². The molecule has 1 aromatic carbocycles. The van der Waals surface area contributed by atoms with E-state index in [9.17, 15) is 14.7 Å². The molecular formula is C20H24N2O3S. The number of β-amino-alcohol motifs (C(OH)–C–C–N with tert-alkyl or cyclic N) is 1. The number of hydrogen-bond donors (Lipinski definition) is 2. The molecule has 138 valence electrons. The van der Waals surface area contributed by atoms with Crippen LogP contribution < -0.4 is 5.32 Å². The van der Waals surface area contributed by atoms with Crippen LogP contribution in [-0.2, 0) is 9.59 Å². The number of hydrogen-bond acceptors (Lipinski definition) is 4. The maximum atomic E-state index is 12.4. The maximum absolute atomic E-state index is 12.4. The van der Waals surface area contributed by atoms with Gasteiger partial charge in [-0.1, -0.05) is 17.7 Å². The highest BCUT2D eigenvalue weighted by molar-refractivity contribution is 7.10. The van der Waals surface area contributed by atoms with E-state index in [1.807, 2.05) is 43.5 Å². The predicted molar refractivity (Wildman–Crippen MR) is 103 cm³/mol. The number of rotatable bonds is 4. The SMILES string of the molecule is Cc1ccc(NC(=O)CC(=O)N2CC[C@@H](c3sccc3C)[C@H](O)C2)cc1. The number of anilines is 1. The number of piperidine rings is 1. The summed E-state index contributed by atoms with van der Waals surface area (Å²) in [5, 5.41) is 15.3. The standard InChI is InChI=1S/C20H24N2O3S/c1-13-3-5-15(6-4-13)21-18(24)11-19(25)22-9-7-16(17(23)12-22)20-14(2)8-10-26-20/h3-6,8,10,16-17,23H,7,9,11-12H2,1-2H3,(H,21,24)/t16-,17-/m1/s1. The smallest absolute Gasteiger partial charge is 0.233 e. The Morgan fingerprint density at radius 2 is 1.96 bits per heavy atom. The fraction of sp³-hybridized carbons (Fsp3) is 0.400. The van der Waals surface area contributed by atoms with Crippen molar-refractivity contribution in [2.45, 2.75) is 38.7 Å². The summed E-state index contributed by atoms with van der Waals surface area (Å²) >= 11 is 1.65. The van der Waals surface area contributed by atoms with Crippen LogP contribution in [0.3, 0.4) is 0 Å². The van der Waals surface area contributed by atoms with E-state index in [4.69, 9.17) is 0 Å². The molecule has 0 aliphatic carbocycles. The van der Waals surface area contributed by atoms with Gasteiger partial charge in [-0.05, 0) is 49.4 Å². The highest BCUT2D eigenvalue weighted by atomic mass is 32.1. The normalized spacial score (nSPS) is 20.0. The van der Waals surface area contributed by atoms with Gasteiger partial charge in [-0.15, -0.1) is 11.3 Å². The molecule has 2 atom stereocenters. The molecule has 0 bridgehead atoms. The highest BCUT2D eigenvalue weighted by Crippen LogP contribution is 2.34. The lowest BCUT2D eigenvalue weighted by Gasteiger charge is -2.36. The van der Waals surface area contributed by atoms with Crippen molar-refractivity contribution in [2.75, 3.05) is 18.4 Å². The van der Waals surface area contributed by atoms with Gasteiger partial charge >= 0.3 is 0 Å². The van der Waals surface area contributed by atoms with Crippen LogP contribution in [0.2, 0.25) is 0 Å². The van der Waals surface area contributed by atoms with Gasteiger partial charge in [-0.3, -0.25) is 9.59 Å². The van der Waals surface area contributed by atoms with Crippen LogP contribution in [0.5, 0.6) is 0 Å². The van der Waals surface area contributed by atoms with Gasteiger partial charge in [0.15, 0.2) is 0 Å². The van der Waals surface area contributed by atoms with E-state index in [1.165, 1.54) is 10.4 Å². The average molecular weight is 372 g/mol. The molecule has 6 heteroatoms. The number of nitrogens with zero attached hydrogens (tertiary/aromatic N) is 1. The van der Waals surface area contributed by atoms with Gasteiger partial charge in [0.25, 0.3) is 0 Å². The highest BCUT2D eigenvalue weighted by Gasteiger charge is 2.32. The molecule has 1 aliphatic rings. The monoisotopic (exact) mass is 372 g/mol. The van der Waals surface area contributed by atoms with E-state index in [-0.39, 0.29) is 30.7 Å². The minimum Gasteiger partial charge on any atom is -0.391 e. The third-order valence-electron chi connectivity index (χ3n) is 4.82. The second-order valence-corrected chi connectivity index (χ2v) is 7.81. The molecule has 2 heterocycles. The predicted octanol–water partition coefficient (Wildman–Crippen LogP) is 3.07. The lowest BCUT2D eigenvalue weighted by atomic mass is 9.90. The lowest BCUT2D eigenvalue weighted by Crippen LogP contribution is -2.46. The van der Waals surface area contributed by atoms with E-state index >= 15 is 0 Å². The molecule has 1 fully saturated rings. The molecule has 26 heavy (non-hydrogen) atoms. The molecule has 2 aromatic rings. The number of aliphatic hydroxyl groups is 1. The first kappa shape index (κ1) is 18.6. The average Bonchev–Trinajstić information content (AvgIpc) is 3.02. The van der Waals surface area contributed by atoms with Crippen LogP contribution in [0, 0.1) is 13.8 Å². The van der Waals surface area contributed by atoms with Crippen molar-refractivity contribution in [1.29, 1.82) is 0 Å². The van der Waals surface area contributed by atoms with E-state index in [1.54, 1.807) is 16.2 Å². The summed E-state index contributed by atoms with van der Waals surface area (Å²) in [6.45, 7) is 4.86. The van der Waals surface area contributed by atoms with Crippen molar-refractivity contribution in [3.63, 3.8) is 0 Å². The zero-order chi connectivity index (χ0) is 18.7. The van der Waals surface area contributed by atoms with Crippen molar-refractivity contribution in [2.24, 2.45) is 0 Å². The van der Waals surface area contributed by atoms with Crippen LogP contribution in [0.4, 0.5) is 5.69 Å². The molecule has 1 aliphatic heterocycles. The summed E-state index contributed by atoms with van der Waals surface area (Å²) in [5.74, 6) is -0.500. The summed E-state index contributed by atoms with van der Waals surface area (Å²) in [6.07, 6.45) is -0.0814. The Labute approximate surface area is 157 Å². The zero-order valence-corrected chi connectivity index (χ0v) is 15.9. The number of nitrogens with one attached hydrogen (secondary N) is 1. The van der Waals surface area contributed by atoms with Gasteiger partial charge in [0, 0.05) is 29.6 Å². The second kappa shape index (κ2) is 8.01. The minimum absolute atomic E-state index is 0.0698. The van der Waals surface area contributed by atoms with Gasteiger partial charge in [-0.25, -0.2) is 0 Å². The summed E-state index contributed by atoms with van der Waals surface area (Å²) in [7, 11) is 0. The Bertz CT molecular complexity index is 785. The number of aryl methyl sites for hydroxylation is 2. The molecule has 0 spiro atoms. The number of benzene rings is 1. The van der Waals surface area contributed by atoms with Gasteiger partial charge in [0.05, 0.1) is 6.10 Å². The molecule has 5 nitrogen and oxygen atoms in total. The Kier molecular flexibility index (Phi) is 5.74. The molecule has 1 aromatic heterocycles. The topological polar surface area (TPSA) is 69.6 Å². The molecule has 2 amide bonds. The van der Waals surface area contributed by atoms with Crippen molar-refractivity contribution in [3.8, 4) is 0 Å². The second-order valence-electron chi connectivity index (χ2n) is 6.86. The van der Waals surface area contributed by atoms with E-state index in [0.29, 0.717) is 18.7 Å². The molecule has 0 radical (unpaired) electrons. The maximum Gasteiger partial charge on any atom is 0.233 e. The summed E-state index contributed by atoms with van der Waals surface area (Å²) in [4.78, 5) is 27.3. The van der Waals surface area contributed by atoms with Gasteiger partial charge in [-0.2, -0.15) is 0 Å². The quantitative estimate of drug-likeness (QED) is 0.811. The Morgan fingerprint density at radius 3 is 2.58 bits per heavy atom. The first-order valence-corrected chi connectivity index (χ1v) is 9.68. The van der Waals surface area contributed by atoms with Crippen molar-refractivity contribution in [3.05, 3.63) is 51.7 Å². The fourth-order valence-corrected chi connectivity index (χ4v) is 4.44. The van der Waals surface area contributed by atoms with Crippen LogP contribution in [0.15, 0.2) is 35.7 Å². The van der Waals surface area contributed by atoms with E-state index in [2.05, 4.69) is 11.4 Å². The molecule has 0 unspecified atom stereocenters. The van der Waals surface area contributed by atoms with Crippen molar-refractivity contribution in [1.82, 2.24) is 4.90 Å². The molecular weight excluding hydrogens is 348 g/mol. The number of carbonyl (C=O) groups excluding carboxylic acids is 2. The molecule has 2 N–H and O–H groups in total. The number of likely N-dealkylation sites (tertiary alicyclic amines) is 1. The Morgan fingerprint density at radius 1 is 1.23 bits per heavy atom. The van der Waals surface area contributed by atoms with Gasteiger partial charge in [0.2, 0.25) is 11.8 Å². The summed E-state index contributed by atoms with van der Waals surface area (Å²) in [5.41, 5.74) is 2.98. The molecule has 3 rings (SSSR count). The fourth-order valence-electron chi connectivity index (χ4n) is 3.32. The Hall–Kier alpha value is -2.18. The van der Waals surface area contributed by atoms with Crippen molar-refractivity contribution < 1.29 is 14.7 Å². The third-order valence-corrected chi connectivity index (χ3v) is 5.97. The largest absolute Gasteiger partial charge is 0.391 e. The van der Waals surface area contributed by atoms with Crippen LogP contribution >= 0.6 is 11.3 Å². The van der Waals surface area contributed by atoms with Crippen molar-refractivity contribution >= 4 is 28.8 Å². The molecule has 0 saturated carbocycles. The summed E-state index contributed by atoms with van der Waals surface area (Å²) < 4.78 is 0. The van der Waals surface area contributed by atoms with Crippen LogP contribution in [0.1, 0.15) is 34.8 Å². The van der Waals surface area contributed by atoms with Crippen LogP contribution in [0.25, 0.3) is 0 Å². The number of thiophene rings is 1. The van der Waals surface area contributed by atoms with Gasteiger partial charge < -0.3 is 15.3 Å². The zero-order valence-electron chi connectivity index (χ0n) is 15.1. The van der Waals surface area contributed by atoms with E-state index < -0.39 is 6.10 Å². The minimum atomic E-state index is -0.592. The summed E-state index contributed by atoms with van der Waals surface area (Å²) in [6, 6.07) is 9.50. The first-order valence-electron chi connectivity index (χ1n) is 8.80.